The lowest BCUT2D eigenvalue weighted by Gasteiger charge is -2.18. The van der Waals surface area contributed by atoms with Crippen LogP contribution in [0.15, 0.2) is 22.7 Å². The van der Waals surface area contributed by atoms with Crippen LogP contribution in [0, 0.1) is 0 Å². The van der Waals surface area contributed by atoms with Crippen molar-refractivity contribution in [2.45, 2.75) is 19.6 Å². The molecule has 1 amide bonds. The van der Waals surface area contributed by atoms with Gasteiger partial charge in [-0.05, 0) is 47.5 Å². The number of rotatable bonds is 6. The van der Waals surface area contributed by atoms with Crippen LogP contribution in [-0.4, -0.2) is 29.6 Å². The second-order valence-corrected chi connectivity index (χ2v) is 5.75. The first-order valence-corrected chi connectivity index (χ1v) is 7.92. The fourth-order valence-electron chi connectivity index (χ4n) is 1.61. The Morgan fingerprint density at radius 3 is 2.61 bits per heavy atom. The van der Waals surface area contributed by atoms with Gasteiger partial charge in [-0.2, -0.15) is 0 Å². The molecule has 0 heterocycles. The van der Waals surface area contributed by atoms with Crippen LogP contribution >= 0.6 is 27.7 Å². The summed E-state index contributed by atoms with van der Waals surface area (Å²) >= 11 is 4.99. The second kappa shape index (κ2) is 7.69. The number of hydrogen-bond donors (Lipinski definition) is 1. The van der Waals surface area contributed by atoms with E-state index in [0.29, 0.717) is 5.75 Å². The van der Waals surface area contributed by atoms with Crippen molar-refractivity contribution in [2.75, 3.05) is 24.6 Å². The number of nitrogens with two attached hydrogens (primary N) is 1. The molecule has 3 nitrogen and oxygen atoms in total. The average Bonchev–Trinajstić information content (AvgIpc) is 2.35. The van der Waals surface area contributed by atoms with Crippen LogP contribution < -0.4 is 5.73 Å². The number of nitrogens with zero attached hydrogens (tertiary/aromatic N) is 1. The zero-order chi connectivity index (χ0) is 13.5. The van der Waals surface area contributed by atoms with Crippen LogP contribution in [0.2, 0.25) is 0 Å². The Bertz CT molecular complexity index is 408. The molecule has 100 valence electrons. The van der Waals surface area contributed by atoms with E-state index in [1.807, 2.05) is 36.9 Å². The van der Waals surface area contributed by atoms with E-state index in [0.717, 1.165) is 34.6 Å². The van der Waals surface area contributed by atoms with Crippen molar-refractivity contribution in [3.63, 3.8) is 0 Å². The molecule has 0 saturated carbocycles. The van der Waals surface area contributed by atoms with Gasteiger partial charge in [0.15, 0.2) is 0 Å². The van der Waals surface area contributed by atoms with E-state index in [4.69, 9.17) is 5.73 Å². The smallest absolute Gasteiger partial charge is 0.232 e. The fourth-order valence-corrected chi connectivity index (χ4v) is 2.73. The Kier molecular flexibility index (Phi) is 6.57. The molecule has 0 bridgehead atoms. The summed E-state index contributed by atoms with van der Waals surface area (Å²) in [6.07, 6.45) is 0. The quantitative estimate of drug-likeness (QED) is 0.815. The molecule has 0 aromatic heterocycles. The minimum absolute atomic E-state index is 0.204. The molecule has 0 spiro atoms. The summed E-state index contributed by atoms with van der Waals surface area (Å²) in [5.74, 6) is 1.54. The molecule has 0 aliphatic heterocycles. The number of halogens is 1. The van der Waals surface area contributed by atoms with Crippen molar-refractivity contribution >= 4 is 39.3 Å². The van der Waals surface area contributed by atoms with E-state index in [2.05, 4.69) is 15.9 Å². The van der Waals surface area contributed by atoms with Crippen LogP contribution in [0.3, 0.4) is 0 Å². The van der Waals surface area contributed by atoms with E-state index < -0.39 is 0 Å². The maximum absolute atomic E-state index is 11.8. The molecule has 1 rings (SSSR count). The highest BCUT2D eigenvalue weighted by Gasteiger charge is 2.09. The van der Waals surface area contributed by atoms with Gasteiger partial charge in [0.05, 0.1) is 5.75 Å². The summed E-state index contributed by atoms with van der Waals surface area (Å²) < 4.78 is 0.912. The molecule has 18 heavy (non-hydrogen) atoms. The largest absolute Gasteiger partial charge is 0.398 e. The molecule has 0 unspecified atom stereocenters. The van der Waals surface area contributed by atoms with Gasteiger partial charge in [-0.25, -0.2) is 0 Å². The molecule has 1 aromatic carbocycles. The van der Waals surface area contributed by atoms with Gasteiger partial charge >= 0.3 is 0 Å². The Morgan fingerprint density at radius 2 is 2.06 bits per heavy atom. The third-order valence-electron chi connectivity index (χ3n) is 2.67. The number of carbonyl (C=O) groups is 1. The van der Waals surface area contributed by atoms with Crippen molar-refractivity contribution < 1.29 is 4.79 Å². The number of thioether (sulfide) groups is 1. The molecule has 2 N–H and O–H groups in total. The summed E-state index contributed by atoms with van der Waals surface area (Å²) in [4.78, 5) is 13.6. The summed E-state index contributed by atoms with van der Waals surface area (Å²) in [7, 11) is 0. The zero-order valence-electron chi connectivity index (χ0n) is 10.8. The van der Waals surface area contributed by atoms with E-state index >= 15 is 0 Å². The fraction of sp³-hybridized carbons (Fsp3) is 0.462. The summed E-state index contributed by atoms with van der Waals surface area (Å²) in [6, 6.07) is 5.91. The summed E-state index contributed by atoms with van der Waals surface area (Å²) in [5, 5.41) is 0. The highest BCUT2D eigenvalue weighted by Crippen LogP contribution is 2.22. The Labute approximate surface area is 121 Å². The van der Waals surface area contributed by atoms with Crippen LogP contribution in [0.1, 0.15) is 19.4 Å². The van der Waals surface area contributed by atoms with Crippen molar-refractivity contribution in [1.29, 1.82) is 0 Å². The SMILES string of the molecule is CCN(CC)C(=O)CSCc1ccc(Br)c(N)c1. The standard InChI is InChI=1S/C13H19BrN2OS/c1-3-16(4-2)13(17)9-18-8-10-5-6-11(14)12(15)7-10/h5-7H,3-4,8-9,15H2,1-2H3. The lowest BCUT2D eigenvalue weighted by molar-refractivity contribution is -0.127. The minimum Gasteiger partial charge on any atom is -0.398 e. The maximum Gasteiger partial charge on any atom is 0.232 e. The average molecular weight is 331 g/mol. The Balaban J connectivity index is 2.41. The lowest BCUT2D eigenvalue weighted by Crippen LogP contribution is -2.31. The number of amides is 1. The van der Waals surface area contributed by atoms with Gasteiger partial charge in [-0.1, -0.05) is 6.07 Å². The number of nitrogen functional groups attached to an aromatic ring is 1. The zero-order valence-corrected chi connectivity index (χ0v) is 13.2. The van der Waals surface area contributed by atoms with Gasteiger partial charge in [0.2, 0.25) is 5.91 Å². The first-order valence-electron chi connectivity index (χ1n) is 5.97. The number of hydrogen-bond acceptors (Lipinski definition) is 3. The first kappa shape index (κ1) is 15.4. The van der Waals surface area contributed by atoms with Gasteiger partial charge in [-0.15, -0.1) is 11.8 Å². The molecular formula is C13H19BrN2OS. The van der Waals surface area contributed by atoms with Crippen LogP contribution in [0.25, 0.3) is 0 Å². The van der Waals surface area contributed by atoms with Crippen LogP contribution in [0.5, 0.6) is 0 Å². The third-order valence-corrected chi connectivity index (χ3v) is 4.38. The molecule has 0 aliphatic carbocycles. The van der Waals surface area contributed by atoms with Gasteiger partial charge in [-0.3, -0.25) is 4.79 Å². The van der Waals surface area contributed by atoms with E-state index in [-0.39, 0.29) is 5.91 Å². The number of carbonyl (C=O) groups excluding carboxylic acids is 1. The summed E-state index contributed by atoms with van der Waals surface area (Å²) in [5.41, 5.74) is 7.70. The molecule has 0 atom stereocenters. The molecule has 0 fully saturated rings. The Hall–Kier alpha value is -0.680. The summed E-state index contributed by atoms with van der Waals surface area (Å²) in [6.45, 7) is 5.56. The molecule has 5 heteroatoms. The lowest BCUT2D eigenvalue weighted by atomic mass is 10.2. The van der Waals surface area contributed by atoms with E-state index in [1.165, 1.54) is 0 Å². The van der Waals surface area contributed by atoms with Crippen molar-refractivity contribution in [1.82, 2.24) is 4.90 Å². The highest BCUT2D eigenvalue weighted by atomic mass is 79.9. The van der Waals surface area contributed by atoms with Gasteiger partial charge in [0, 0.05) is 29.0 Å². The van der Waals surface area contributed by atoms with Gasteiger partial charge < -0.3 is 10.6 Å². The highest BCUT2D eigenvalue weighted by molar-refractivity contribution is 9.10. The topological polar surface area (TPSA) is 46.3 Å². The third kappa shape index (κ3) is 4.53. The van der Waals surface area contributed by atoms with Gasteiger partial charge in [0.25, 0.3) is 0 Å². The van der Waals surface area contributed by atoms with E-state index in [9.17, 15) is 4.79 Å². The Morgan fingerprint density at radius 1 is 1.39 bits per heavy atom. The normalized spacial score (nSPS) is 10.4. The van der Waals surface area contributed by atoms with Crippen molar-refractivity contribution in [3.8, 4) is 0 Å². The van der Waals surface area contributed by atoms with E-state index in [1.54, 1.807) is 11.8 Å². The molecular weight excluding hydrogens is 312 g/mol. The molecule has 0 radical (unpaired) electrons. The number of anilines is 1. The second-order valence-electron chi connectivity index (χ2n) is 3.91. The monoisotopic (exact) mass is 330 g/mol. The van der Waals surface area contributed by atoms with Crippen molar-refractivity contribution in [3.05, 3.63) is 28.2 Å². The molecule has 1 aromatic rings. The van der Waals surface area contributed by atoms with Gasteiger partial charge in [0.1, 0.15) is 0 Å². The number of benzene rings is 1. The predicted molar refractivity (Wildman–Crippen MR) is 82.6 cm³/mol. The molecule has 0 saturated heterocycles. The molecule has 0 aliphatic rings. The van der Waals surface area contributed by atoms with Crippen molar-refractivity contribution in [2.24, 2.45) is 0 Å². The van der Waals surface area contributed by atoms with Crippen LogP contribution in [0.4, 0.5) is 5.69 Å². The predicted octanol–water partition coefficient (Wildman–Crippen LogP) is 3.13. The maximum atomic E-state index is 11.8. The first-order chi connectivity index (χ1) is 8.58. The van der Waals surface area contributed by atoms with Crippen LogP contribution in [-0.2, 0) is 10.5 Å². The minimum atomic E-state index is 0.204.